The molecule has 1 atom stereocenters. The Morgan fingerprint density at radius 1 is 1.17 bits per heavy atom. The van der Waals surface area contributed by atoms with Crippen molar-refractivity contribution in [3.63, 3.8) is 0 Å². The van der Waals surface area contributed by atoms with Gasteiger partial charge in [0, 0.05) is 19.0 Å². The molecule has 1 unspecified atom stereocenters. The van der Waals surface area contributed by atoms with Gasteiger partial charge in [-0.2, -0.15) is 0 Å². The van der Waals surface area contributed by atoms with Crippen molar-refractivity contribution < 1.29 is 9.90 Å². The monoisotopic (exact) mass is 328 g/mol. The Morgan fingerprint density at radius 2 is 1.83 bits per heavy atom. The molecule has 2 saturated carbocycles. The molecule has 2 N–H and O–H groups in total. The topological polar surface area (TPSA) is 52.6 Å². The fraction of sp³-hybridized carbons (Fsp3) is 0.650. The molecule has 0 aromatic heterocycles. The van der Waals surface area contributed by atoms with E-state index in [1.54, 1.807) is 0 Å². The molecule has 1 aliphatic heterocycles. The third-order valence-electron chi connectivity index (χ3n) is 6.16. The molecule has 1 spiro atoms. The number of amides is 1. The Balaban J connectivity index is 1.22. The minimum atomic E-state index is 0.111. The lowest BCUT2D eigenvalue weighted by atomic mass is 9.92. The molecule has 4 heteroatoms. The first kappa shape index (κ1) is 16.1. The van der Waals surface area contributed by atoms with Crippen LogP contribution >= 0.6 is 0 Å². The molecule has 1 heterocycles. The summed E-state index contributed by atoms with van der Waals surface area (Å²) in [7, 11) is 0. The van der Waals surface area contributed by atoms with Crippen LogP contribution in [-0.2, 0) is 17.9 Å². The van der Waals surface area contributed by atoms with Crippen LogP contribution in [0, 0.1) is 11.3 Å². The predicted molar refractivity (Wildman–Crippen MR) is 93.2 cm³/mol. The number of aliphatic hydroxyl groups is 1. The fourth-order valence-corrected chi connectivity index (χ4v) is 4.11. The highest BCUT2D eigenvalue weighted by molar-refractivity contribution is 5.77. The Kier molecular flexibility index (Phi) is 4.35. The van der Waals surface area contributed by atoms with Gasteiger partial charge in [-0.15, -0.1) is 0 Å². The van der Waals surface area contributed by atoms with Crippen molar-refractivity contribution in [3.8, 4) is 0 Å². The highest BCUT2D eigenvalue weighted by Gasteiger charge is 2.55. The molecule has 3 aliphatic rings. The second-order valence-electron chi connectivity index (χ2n) is 8.08. The molecule has 1 aromatic rings. The molecule has 1 saturated heterocycles. The number of likely N-dealkylation sites (tertiary alicyclic amines) is 1. The largest absolute Gasteiger partial charge is 0.392 e. The molecular weight excluding hydrogens is 300 g/mol. The van der Waals surface area contributed by atoms with Gasteiger partial charge in [0.1, 0.15) is 0 Å². The van der Waals surface area contributed by atoms with Crippen LogP contribution in [0.25, 0.3) is 0 Å². The highest BCUT2D eigenvalue weighted by Crippen LogP contribution is 2.54. The summed E-state index contributed by atoms with van der Waals surface area (Å²) in [6, 6.07) is 8.69. The zero-order valence-corrected chi connectivity index (χ0v) is 14.3. The van der Waals surface area contributed by atoms with Crippen molar-refractivity contribution in [1.82, 2.24) is 10.2 Å². The molecule has 0 radical (unpaired) electrons. The Bertz CT molecular complexity index is 586. The van der Waals surface area contributed by atoms with E-state index < -0.39 is 0 Å². The Hall–Kier alpha value is -1.39. The number of carbonyl (C=O) groups is 1. The molecule has 1 amide bonds. The average molecular weight is 328 g/mol. The highest BCUT2D eigenvalue weighted by atomic mass is 16.3. The van der Waals surface area contributed by atoms with E-state index in [0.717, 1.165) is 31.6 Å². The first-order chi connectivity index (χ1) is 11.7. The average Bonchev–Trinajstić information content (AvgIpc) is 3.51. The lowest BCUT2D eigenvalue weighted by molar-refractivity contribution is -0.121. The van der Waals surface area contributed by atoms with Crippen molar-refractivity contribution in [1.29, 1.82) is 0 Å². The van der Waals surface area contributed by atoms with Crippen molar-refractivity contribution in [2.75, 3.05) is 13.1 Å². The van der Waals surface area contributed by atoms with E-state index in [9.17, 15) is 4.79 Å². The summed E-state index contributed by atoms with van der Waals surface area (Å²) >= 11 is 0. The van der Waals surface area contributed by atoms with Gasteiger partial charge in [-0.1, -0.05) is 24.3 Å². The molecule has 2 aliphatic carbocycles. The maximum atomic E-state index is 12.0. The number of carbonyl (C=O) groups excluding carboxylic acids is 1. The molecule has 0 bridgehead atoms. The van der Waals surface area contributed by atoms with Gasteiger partial charge >= 0.3 is 0 Å². The summed E-state index contributed by atoms with van der Waals surface area (Å²) in [5.41, 5.74) is 2.68. The summed E-state index contributed by atoms with van der Waals surface area (Å²) in [4.78, 5) is 14.5. The second kappa shape index (κ2) is 6.49. The molecule has 4 nitrogen and oxygen atoms in total. The SMILES string of the molecule is O=C(CC1CC1)NC1CC12CCN(Cc1ccc(CO)cc1)CC2. The smallest absolute Gasteiger partial charge is 0.220 e. The molecule has 130 valence electrons. The number of hydrogen-bond acceptors (Lipinski definition) is 3. The minimum absolute atomic E-state index is 0.111. The number of benzene rings is 1. The maximum absolute atomic E-state index is 12.0. The van der Waals surface area contributed by atoms with Gasteiger partial charge in [0.05, 0.1) is 6.61 Å². The molecule has 4 rings (SSSR count). The quantitative estimate of drug-likeness (QED) is 0.843. The number of nitrogens with zero attached hydrogens (tertiary/aromatic N) is 1. The van der Waals surface area contributed by atoms with Gasteiger partial charge < -0.3 is 10.4 Å². The molecule has 24 heavy (non-hydrogen) atoms. The van der Waals surface area contributed by atoms with Crippen molar-refractivity contribution in [3.05, 3.63) is 35.4 Å². The van der Waals surface area contributed by atoms with Crippen molar-refractivity contribution in [2.45, 2.75) is 57.7 Å². The Morgan fingerprint density at radius 3 is 2.46 bits per heavy atom. The number of nitrogens with one attached hydrogen (secondary N) is 1. The van der Waals surface area contributed by atoms with Crippen LogP contribution in [0.15, 0.2) is 24.3 Å². The lowest BCUT2D eigenvalue weighted by Gasteiger charge is -2.33. The summed E-state index contributed by atoms with van der Waals surface area (Å²) in [5, 5.41) is 12.4. The first-order valence-electron chi connectivity index (χ1n) is 9.37. The van der Waals surface area contributed by atoms with E-state index in [-0.39, 0.29) is 12.5 Å². The van der Waals surface area contributed by atoms with E-state index in [2.05, 4.69) is 22.3 Å². The zero-order chi connectivity index (χ0) is 16.6. The van der Waals surface area contributed by atoms with Gasteiger partial charge in [0.2, 0.25) is 5.91 Å². The second-order valence-corrected chi connectivity index (χ2v) is 8.08. The van der Waals surface area contributed by atoms with Crippen molar-refractivity contribution in [2.24, 2.45) is 11.3 Å². The van der Waals surface area contributed by atoms with Gasteiger partial charge in [-0.25, -0.2) is 0 Å². The van der Waals surface area contributed by atoms with Crippen LogP contribution in [0.5, 0.6) is 0 Å². The van der Waals surface area contributed by atoms with Crippen LogP contribution in [0.2, 0.25) is 0 Å². The summed E-state index contributed by atoms with van der Waals surface area (Å²) in [5.74, 6) is 0.963. The van der Waals surface area contributed by atoms with Crippen LogP contribution < -0.4 is 5.32 Å². The van der Waals surface area contributed by atoms with E-state index in [1.807, 2.05) is 12.1 Å². The standard InChI is InChI=1S/C20H28N2O2/c23-14-17-5-3-16(4-6-17)13-22-9-7-20(8-10-22)12-18(20)21-19(24)11-15-1-2-15/h3-6,15,18,23H,1-2,7-14H2,(H,21,24). The summed E-state index contributed by atoms with van der Waals surface area (Å²) in [6.07, 6.45) is 6.84. The van der Waals surface area contributed by atoms with E-state index in [4.69, 9.17) is 5.11 Å². The first-order valence-corrected chi connectivity index (χ1v) is 9.37. The van der Waals surface area contributed by atoms with Crippen LogP contribution in [-0.4, -0.2) is 35.0 Å². The molecular formula is C20H28N2O2. The van der Waals surface area contributed by atoms with Gasteiger partial charge in [-0.3, -0.25) is 9.69 Å². The minimum Gasteiger partial charge on any atom is -0.392 e. The Labute approximate surface area is 144 Å². The third kappa shape index (κ3) is 3.65. The predicted octanol–water partition coefficient (Wildman–Crippen LogP) is 2.45. The zero-order valence-electron chi connectivity index (χ0n) is 14.3. The third-order valence-corrected chi connectivity index (χ3v) is 6.16. The van der Waals surface area contributed by atoms with E-state index in [0.29, 0.717) is 17.4 Å². The van der Waals surface area contributed by atoms with Crippen LogP contribution in [0.4, 0.5) is 0 Å². The maximum Gasteiger partial charge on any atom is 0.220 e. The van der Waals surface area contributed by atoms with E-state index in [1.165, 1.54) is 37.7 Å². The number of hydrogen-bond donors (Lipinski definition) is 2. The van der Waals surface area contributed by atoms with Crippen LogP contribution in [0.1, 0.15) is 49.7 Å². The van der Waals surface area contributed by atoms with Crippen molar-refractivity contribution >= 4 is 5.91 Å². The number of rotatable bonds is 6. The van der Waals surface area contributed by atoms with E-state index >= 15 is 0 Å². The number of piperidine rings is 1. The normalized spacial score (nSPS) is 25.6. The molecule has 3 fully saturated rings. The van der Waals surface area contributed by atoms with Gasteiger partial charge in [0.15, 0.2) is 0 Å². The number of aliphatic hydroxyl groups excluding tert-OH is 1. The lowest BCUT2D eigenvalue weighted by Crippen LogP contribution is -2.38. The summed E-state index contributed by atoms with van der Waals surface area (Å²) < 4.78 is 0. The molecule has 1 aromatic carbocycles. The van der Waals surface area contributed by atoms with Crippen LogP contribution in [0.3, 0.4) is 0 Å². The summed E-state index contributed by atoms with van der Waals surface area (Å²) in [6.45, 7) is 3.34. The fourth-order valence-electron chi connectivity index (χ4n) is 4.11. The van der Waals surface area contributed by atoms with Gasteiger partial charge in [-0.05, 0) is 67.7 Å². The van der Waals surface area contributed by atoms with Gasteiger partial charge in [0.25, 0.3) is 0 Å².